The number of nitrogens with zero attached hydrogens (tertiary/aromatic N) is 2. The maximum absolute atomic E-state index is 13.9. The molecule has 1 heterocycles. The molecule has 0 aliphatic carbocycles. The molecule has 2 aromatic rings. The van der Waals surface area contributed by atoms with Crippen molar-refractivity contribution < 1.29 is 23.0 Å². The molecule has 26 heavy (non-hydrogen) atoms. The number of anilines is 1. The summed E-state index contributed by atoms with van der Waals surface area (Å²) >= 11 is 0. The van der Waals surface area contributed by atoms with Crippen molar-refractivity contribution >= 4 is 11.6 Å². The van der Waals surface area contributed by atoms with Gasteiger partial charge in [0.25, 0.3) is 5.91 Å². The largest absolute Gasteiger partial charge is 0.493 e. The molecule has 0 spiro atoms. The quantitative estimate of drug-likeness (QED) is 0.839. The number of methoxy groups -OCH3 is 2. The standard InChI is InChI=1S/C19H20F2N2O3/c1-25-16-7-6-13(12-17(16)26-2)19(24)23-10-8-22(9-11-23)18-14(20)4-3-5-15(18)21/h3-7,12H,8-11H2,1-2H3. The van der Waals surface area contributed by atoms with Gasteiger partial charge in [-0.15, -0.1) is 0 Å². The van der Waals surface area contributed by atoms with E-state index < -0.39 is 11.6 Å². The number of ether oxygens (including phenoxy) is 2. The van der Waals surface area contributed by atoms with Crippen LogP contribution in [-0.2, 0) is 0 Å². The monoisotopic (exact) mass is 362 g/mol. The molecule has 1 fully saturated rings. The number of halogens is 2. The molecule has 0 atom stereocenters. The molecule has 7 heteroatoms. The van der Waals surface area contributed by atoms with Crippen LogP contribution in [0.25, 0.3) is 0 Å². The molecule has 0 aromatic heterocycles. The lowest BCUT2D eigenvalue weighted by atomic mass is 10.1. The van der Waals surface area contributed by atoms with E-state index in [1.54, 1.807) is 28.0 Å². The summed E-state index contributed by atoms with van der Waals surface area (Å²) in [6.45, 7) is 1.47. The highest BCUT2D eigenvalue weighted by atomic mass is 19.1. The average Bonchev–Trinajstić information content (AvgIpc) is 2.67. The van der Waals surface area contributed by atoms with E-state index in [9.17, 15) is 13.6 Å². The van der Waals surface area contributed by atoms with Crippen molar-refractivity contribution in [1.29, 1.82) is 0 Å². The topological polar surface area (TPSA) is 42.0 Å². The molecular weight excluding hydrogens is 342 g/mol. The summed E-state index contributed by atoms with van der Waals surface area (Å²) in [5.41, 5.74) is 0.443. The van der Waals surface area contributed by atoms with Crippen molar-refractivity contribution in [1.82, 2.24) is 4.90 Å². The predicted molar refractivity (Wildman–Crippen MR) is 94.0 cm³/mol. The summed E-state index contributed by atoms with van der Waals surface area (Å²) in [5, 5.41) is 0. The van der Waals surface area contributed by atoms with Gasteiger partial charge in [-0.1, -0.05) is 6.07 Å². The average molecular weight is 362 g/mol. The fourth-order valence-electron chi connectivity index (χ4n) is 3.08. The van der Waals surface area contributed by atoms with Crippen molar-refractivity contribution in [2.45, 2.75) is 0 Å². The Morgan fingerprint density at radius 2 is 1.54 bits per heavy atom. The van der Waals surface area contributed by atoms with E-state index in [0.29, 0.717) is 43.2 Å². The van der Waals surface area contributed by atoms with Crippen LogP contribution in [0.2, 0.25) is 0 Å². The number of hydrogen-bond donors (Lipinski definition) is 0. The van der Waals surface area contributed by atoms with Gasteiger partial charge in [0.05, 0.1) is 14.2 Å². The minimum atomic E-state index is -0.593. The van der Waals surface area contributed by atoms with Crippen LogP contribution in [-0.4, -0.2) is 51.2 Å². The van der Waals surface area contributed by atoms with Crippen LogP contribution in [0.3, 0.4) is 0 Å². The second kappa shape index (κ2) is 7.59. The number of carbonyl (C=O) groups is 1. The van der Waals surface area contributed by atoms with Crippen molar-refractivity contribution in [3.05, 3.63) is 53.6 Å². The maximum Gasteiger partial charge on any atom is 0.254 e. The van der Waals surface area contributed by atoms with Gasteiger partial charge >= 0.3 is 0 Å². The molecule has 0 radical (unpaired) electrons. The van der Waals surface area contributed by atoms with E-state index in [4.69, 9.17) is 9.47 Å². The third-order valence-electron chi connectivity index (χ3n) is 4.45. The summed E-state index contributed by atoms with van der Waals surface area (Å²) in [7, 11) is 3.04. The summed E-state index contributed by atoms with van der Waals surface area (Å²) < 4.78 is 38.2. The Bertz CT molecular complexity index is 785. The van der Waals surface area contributed by atoms with E-state index in [0.717, 1.165) is 0 Å². The first-order valence-corrected chi connectivity index (χ1v) is 8.25. The Hall–Kier alpha value is -2.83. The summed E-state index contributed by atoms with van der Waals surface area (Å²) in [6.07, 6.45) is 0. The molecule has 0 bridgehead atoms. The fraction of sp³-hybridized carbons (Fsp3) is 0.316. The number of rotatable bonds is 4. The van der Waals surface area contributed by atoms with Gasteiger partial charge in [0, 0.05) is 31.7 Å². The van der Waals surface area contributed by atoms with Crippen molar-refractivity contribution in [3.63, 3.8) is 0 Å². The van der Waals surface area contributed by atoms with E-state index in [2.05, 4.69) is 0 Å². The van der Waals surface area contributed by atoms with Gasteiger partial charge in [-0.25, -0.2) is 8.78 Å². The molecule has 1 aliphatic heterocycles. The number of hydrogen-bond acceptors (Lipinski definition) is 4. The number of piperazine rings is 1. The first kappa shape index (κ1) is 18.0. The van der Waals surface area contributed by atoms with Gasteiger partial charge in [0.1, 0.15) is 17.3 Å². The molecular formula is C19H20F2N2O3. The van der Waals surface area contributed by atoms with Gasteiger partial charge in [-0.3, -0.25) is 4.79 Å². The highest BCUT2D eigenvalue weighted by molar-refractivity contribution is 5.95. The number of para-hydroxylation sites is 1. The van der Waals surface area contributed by atoms with Crippen LogP contribution in [0.1, 0.15) is 10.4 Å². The van der Waals surface area contributed by atoms with E-state index in [1.807, 2.05) is 0 Å². The van der Waals surface area contributed by atoms with Gasteiger partial charge in [-0.05, 0) is 30.3 Å². The molecule has 3 rings (SSSR count). The summed E-state index contributed by atoms with van der Waals surface area (Å²) in [5.74, 6) is -0.316. The normalized spacial score (nSPS) is 14.3. The first-order valence-electron chi connectivity index (χ1n) is 8.25. The van der Waals surface area contributed by atoms with E-state index >= 15 is 0 Å². The zero-order valence-corrected chi connectivity index (χ0v) is 14.7. The Labute approximate surface area is 150 Å². The lowest BCUT2D eigenvalue weighted by Crippen LogP contribution is -2.49. The molecule has 1 amide bonds. The Morgan fingerprint density at radius 1 is 0.923 bits per heavy atom. The smallest absolute Gasteiger partial charge is 0.254 e. The van der Waals surface area contributed by atoms with Crippen LogP contribution in [0.5, 0.6) is 11.5 Å². The van der Waals surface area contributed by atoms with Gasteiger partial charge in [0.2, 0.25) is 0 Å². The van der Waals surface area contributed by atoms with Crippen LogP contribution in [0.15, 0.2) is 36.4 Å². The van der Waals surface area contributed by atoms with Crippen molar-refractivity contribution in [2.75, 3.05) is 45.3 Å². The third-order valence-corrected chi connectivity index (χ3v) is 4.45. The molecule has 0 saturated carbocycles. The predicted octanol–water partition coefficient (Wildman–Crippen LogP) is 2.94. The second-order valence-electron chi connectivity index (χ2n) is 5.92. The lowest BCUT2D eigenvalue weighted by molar-refractivity contribution is 0.0746. The second-order valence-corrected chi connectivity index (χ2v) is 5.92. The van der Waals surface area contributed by atoms with Gasteiger partial charge < -0.3 is 19.3 Å². The molecule has 1 aliphatic rings. The van der Waals surface area contributed by atoms with Crippen LogP contribution >= 0.6 is 0 Å². The molecule has 0 N–H and O–H groups in total. The Morgan fingerprint density at radius 3 is 2.12 bits per heavy atom. The summed E-state index contributed by atoms with van der Waals surface area (Å²) in [4.78, 5) is 16.0. The number of carbonyl (C=O) groups excluding carboxylic acids is 1. The first-order chi connectivity index (χ1) is 12.5. The maximum atomic E-state index is 13.9. The lowest BCUT2D eigenvalue weighted by Gasteiger charge is -2.36. The SMILES string of the molecule is COc1ccc(C(=O)N2CCN(c3c(F)cccc3F)CC2)cc1OC. The number of amides is 1. The van der Waals surface area contributed by atoms with Crippen molar-refractivity contribution in [3.8, 4) is 11.5 Å². The van der Waals surface area contributed by atoms with Crippen LogP contribution < -0.4 is 14.4 Å². The van der Waals surface area contributed by atoms with E-state index in [1.165, 1.54) is 32.4 Å². The zero-order valence-electron chi connectivity index (χ0n) is 14.7. The van der Waals surface area contributed by atoms with Crippen LogP contribution in [0, 0.1) is 11.6 Å². The van der Waals surface area contributed by atoms with Gasteiger partial charge in [-0.2, -0.15) is 0 Å². The Kier molecular flexibility index (Phi) is 5.25. The minimum absolute atomic E-state index is 0.0364. The highest BCUT2D eigenvalue weighted by Crippen LogP contribution is 2.29. The van der Waals surface area contributed by atoms with E-state index in [-0.39, 0.29) is 11.6 Å². The Balaban J connectivity index is 1.71. The minimum Gasteiger partial charge on any atom is -0.493 e. The highest BCUT2D eigenvalue weighted by Gasteiger charge is 2.26. The molecule has 2 aromatic carbocycles. The summed E-state index contributed by atoms with van der Waals surface area (Å²) in [6, 6.07) is 8.79. The molecule has 138 valence electrons. The molecule has 1 saturated heterocycles. The fourth-order valence-corrected chi connectivity index (χ4v) is 3.08. The number of benzene rings is 2. The van der Waals surface area contributed by atoms with Gasteiger partial charge in [0.15, 0.2) is 11.5 Å². The zero-order chi connectivity index (χ0) is 18.7. The van der Waals surface area contributed by atoms with Crippen LogP contribution in [0.4, 0.5) is 14.5 Å². The third kappa shape index (κ3) is 3.42. The molecule has 0 unspecified atom stereocenters. The van der Waals surface area contributed by atoms with Crippen molar-refractivity contribution in [2.24, 2.45) is 0 Å². The molecule has 5 nitrogen and oxygen atoms in total.